The summed E-state index contributed by atoms with van der Waals surface area (Å²) in [5.41, 5.74) is 0.917. The summed E-state index contributed by atoms with van der Waals surface area (Å²) < 4.78 is 34.9. The van der Waals surface area contributed by atoms with Crippen LogP contribution in [0.4, 0.5) is 15.3 Å². The molecule has 0 unspecified atom stereocenters. The van der Waals surface area contributed by atoms with Gasteiger partial charge < -0.3 is 91.6 Å². The van der Waals surface area contributed by atoms with Gasteiger partial charge in [-0.2, -0.15) is 0 Å². The van der Waals surface area contributed by atoms with E-state index >= 15 is 0 Å². The second-order valence-corrected chi connectivity index (χ2v) is 21.8. The number of nitrogens with two attached hydrogens (primary N) is 1. The highest BCUT2D eigenvalue weighted by molar-refractivity contribution is 6.31. The fourth-order valence-electron chi connectivity index (χ4n) is 10.6. The molecule has 0 spiro atoms. The topological polar surface area (TPSA) is 446 Å². The number of carbonyl (C=O) groups is 11. The number of alkyl carbamates (subject to hydrolysis) is 1. The lowest BCUT2D eigenvalue weighted by Crippen LogP contribution is -2.56. The van der Waals surface area contributed by atoms with Crippen molar-refractivity contribution in [2.75, 3.05) is 58.5 Å². The number of fused-ring (bicyclic) bond motifs is 3. The van der Waals surface area contributed by atoms with E-state index in [1.54, 1.807) is 13.8 Å². The maximum Gasteiger partial charge on any atom is 0.407 e. The third-order valence-electron chi connectivity index (χ3n) is 15.2. The molecule has 1 fully saturated rings. The minimum absolute atomic E-state index is 0.00167. The van der Waals surface area contributed by atoms with Gasteiger partial charge in [0.05, 0.1) is 55.3 Å². The highest BCUT2D eigenvalue weighted by Gasteiger charge is 2.50. The van der Waals surface area contributed by atoms with E-state index in [0.29, 0.717) is 0 Å². The number of urea groups is 1. The van der Waals surface area contributed by atoms with Crippen molar-refractivity contribution in [3.05, 3.63) is 87.5 Å². The van der Waals surface area contributed by atoms with E-state index in [9.17, 15) is 78.3 Å². The van der Waals surface area contributed by atoms with Gasteiger partial charge in [-0.05, 0) is 43.9 Å². The van der Waals surface area contributed by atoms with Crippen molar-refractivity contribution in [3.8, 4) is 23.0 Å². The van der Waals surface area contributed by atoms with Crippen LogP contribution in [0.25, 0.3) is 0 Å². The fraction of sp³-hybridized carbons (Fsp3) is 0.475. The van der Waals surface area contributed by atoms with Crippen molar-refractivity contribution in [1.29, 1.82) is 0 Å². The number of primary amides is 1. The molecule has 2 heterocycles. The summed E-state index contributed by atoms with van der Waals surface area (Å²) in [6, 6.07) is 4.23. The van der Waals surface area contributed by atoms with E-state index in [-0.39, 0.29) is 116 Å². The van der Waals surface area contributed by atoms with Gasteiger partial charge in [0.25, 0.3) is 11.8 Å². The molecule has 2 aliphatic carbocycles. The lowest BCUT2D eigenvalue weighted by molar-refractivity contribution is -0.249. The fourth-order valence-corrected chi connectivity index (χ4v) is 10.6. The SMILES string of the molecule is COc1cccc2c1C(=O)c1c(O)c3c(c(O)c1C2=O)C[C@@](O)(C(=O)CO)C[C@@H]3O[C@H]1C[C@H](NC(=O)OCc2ccc(NC(=O)[C@H](CCCNC(N)=O)NC(=O)[C@@H](NC(C)=O)C(C)C)cc2OCCOCCNC(=O)CCN2C(=O)C=CC2=O)[C@H](O)[C@H](C)O1. The summed E-state index contributed by atoms with van der Waals surface area (Å²) in [5, 5.41) is 72.3. The van der Waals surface area contributed by atoms with Crippen LogP contribution >= 0.6 is 0 Å². The molecule has 30 nitrogen and oxygen atoms in total. The number of amides is 9. The Balaban J connectivity index is 1.06. The third kappa shape index (κ3) is 16.2. The summed E-state index contributed by atoms with van der Waals surface area (Å²) in [6.45, 7) is 4.20. The number of nitrogens with zero attached hydrogens (tertiary/aromatic N) is 1. The first-order valence-corrected chi connectivity index (χ1v) is 28.5. The first-order chi connectivity index (χ1) is 42.3. The van der Waals surface area contributed by atoms with E-state index in [2.05, 4.69) is 31.9 Å². The number of phenolic OH excluding ortho intramolecular Hbond substituents is 2. The Morgan fingerprint density at radius 3 is 2.27 bits per heavy atom. The minimum Gasteiger partial charge on any atom is -0.507 e. The van der Waals surface area contributed by atoms with Crippen molar-refractivity contribution in [2.45, 2.75) is 121 Å². The zero-order valence-electron chi connectivity index (χ0n) is 49.3. The number of hydrogen-bond donors (Lipinski definition) is 12. The Morgan fingerprint density at radius 1 is 0.876 bits per heavy atom. The number of aromatic hydroxyl groups is 2. The molecule has 30 heteroatoms. The van der Waals surface area contributed by atoms with Crippen LogP contribution in [-0.2, 0) is 65.5 Å². The molecule has 3 aromatic rings. The molecule has 0 saturated carbocycles. The van der Waals surface area contributed by atoms with Gasteiger partial charge in [0.2, 0.25) is 29.4 Å². The van der Waals surface area contributed by atoms with Gasteiger partial charge in [0, 0.05) is 98.4 Å². The number of anilines is 1. The van der Waals surface area contributed by atoms with Crippen LogP contribution in [0.3, 0.4) is 0 Å². The first-order valence-electron chi connectivity index (χ1n) is 28.5. The van der Waals surface area contributed by atoms with Crippen molar-refractivity contribution in [2.24, 2.45) is 11.7 Å². The van der Waals surface area contributed by atoms with Gasteiger partial charge in [-0.1, -0.05) is 26.0 Å². The van der Waals surface area contributed by atoms with Crippen LogP contribution in [0.5, 0.6) is 23.0 Å². The smallest absolute Gasteiger partial charge is 0.407 e. The molecule has 2 aliphatic heterocycles. The molecular weight excluding hydrogens is 1170 g/mol. The average Bonchev–Trinajstić information content (AvgIpc) is 0.961. The summed E-state index contributed by atoms with van der Waals surface area (Å²) in [5.74, 6) is -8.19. The van der Waals surface area contributed by atoms with E-state index in [0.717, 1.165) is 17.1 Å². The Labute approximate surface area is 509 Å². The molecular formula is C59H72N8O22. The zero-order chi connectivity index (χ0) is 65.0. The van der Waals surface area contributed by atoms with Crippen molar-refractivity contribution in [1.82, 2.24) is 31.5 Å². The highest BCUT2D eigenvalue weighted by atomic mass is 16.7. The van der Waals surface area contributed by atoms with Crippen LogP contribution in [0.1, 0.15) is 114 Å². The number of aliphatic hydroxyl groups is 3. The number of ketones is 3. The predicted octanol–water partition coefficient (Wildman–Crippen LogP) is -0.172. The molecule has 0 bridgehead atoms. The number of aliphatic hydroxyl groups excluding tert-OH is 2. The number of hydrogen-bond acceptors (Lipinski definition) is 22. The van der Waals surface area contributed by atoms with Gasteiger partial charge in [-0.15, -0.1) is 0 Å². The Bertz CT molecular complexity index is 3280. The quantitative estimate of drug-likeness (QED) is 0.0199. The zero-order valence-corrected chi connectivity index (χ0v) is 49.3. The van der Waals surface area contributed by atoms with Gasteiger partial charge in [-0.25, -0.2) is 9.59 Å². The van der Waals surface area contributed by atoms with Crippen LogP contribution in [0.15, 0.2) is 48.6 Å². The molecule has 7 rings (SSSR count). The summed E-state index contributed by atoms with van der Waals surface area (Å²) >= 11 is 0. The van der Waals surface area contributed by atoms with E-state index < -0.39 is 162 Å². The van der Waals surface area contributed by atoms with E-state index in [1.165, 1.54) is 57.4 Å². The number of rotatable bonds is 28. The molecule has 480 valence electrons. The number of benzene rings is 3. The second kappa shape index (κ2) is 29.8. The number of phenols is 2. The molecule has 0 aromatic heterocycles. The lowest BCUT2D eigenvalue weighted by atomic mass is 9.72. The maximum atomic E-state index is 14.2. The summed E-state index contributed by atoms with van der Waals surface area (Å²) in [4.78, 5) is 143. The van der Waals surface area contributed by atoms with Crippen molar-refractivity contribution >= 4 is 70.6 Å². The lowest BCUT2D eigenvalue weighted by Gasteiger charge is -2.42. The highest BCUT2D eigenvalue weighted by Crippen LogP contribution is 2.52. The molecule has 0 radical (unpaired) electrons. The van der Waals surface area contributed by atoms with Gasteiger partial charge >= 0.3 is 12.1 Å². The predicted molar refractivity (Wildman–Crippen MR) is 307 cm³/mol. The minimum atomic E-state index is -2.47. The monoisotopic (exact) mass is 1240 g/mol. The number of imide groups is 1. The van der Waals surface area contributed by atoms with Crippen molar-refractivity contribution in [3.63, 3.8) is 0 Å². The van der Waals surface area contributed by atoms with Crippen LogP contribution < -0.4 is 47.1 Å². The number of methoxy groups -OCH3 is 1. The Kier molecular flexibility index (Phi) is 22.5. The standard InChI is InChI=1S/C59H72N8O22/c1-28(2)49(63-30(4)69)56(80)65-35(9-7-16-62-57(60)81)55(79)64-32-12-11-31(38(22-32)86-21-20-85-19-17-61-41(71)15-18-67-42(72)13-14-43(67)73)27-87-58(82)66-36-23-44(88-29(3)50(36)74)89-39-25-59(83,40(70)26-68)24-34-46(39)54(78)48-47(52(34)76)51(75)33-8-6-10-37(84-5)45(33)53(48)77/h6,8,10-14,22,28-29,35-36,39,44,49-50,68,74,76,78,83H,7,9,15-21,23-27H2,1-5H3,(H,61,71)(H,63,69)(H,64,79)(H,65,80)(H,66,82)(H3,60,62,81)/t29-,35-,36-,39-,44-,49-,50+,59-/m0/s1. The third-order valence-corrected chi connectivity index (χ3v) is 15.2. The molecule has 4 aliphatic rings. The molecule has 89 heavy (non-hydrogen) atoms. The van der Waals surface area contributed by atoms with Gasteiger partial charge in [0.1, 0.15) is 66.6 Å². The second-order valence-electron chi connectivity index (χ2n) is 21.8. The summed E-state index contributed by atoms with van der Waals surface area (Å²) in [6.07, 6.45) is -6.19. The van der Waals surface area contributed by atoms with Gasteiger partial charge in [-0.3, -0.25) is 48.1 Å². The Hall–Kier alpha value is -9.07. The molecule has 8 atom stereocenters. The van der Waals surface area contributed by atoms with Crippen LogP contribution in [-0.4, -0.2) is 191 Å². The maximum absolute atomic E-state index is 14.2. The number of Topliss-reactive ketones (excluding diaryl/α,β-unsaturated/α-hetero) is 1. The molecule has 1 saturated heterocycles. The van der Waals surface area contributed by atoms with E-state index in [1.807, 2.05) is 0 Å². The number of ether oxygens (including phenoxy) is 6. The Morgan fingerprint density at radius 2 is 1.60 bits per heavy atom. The summed E-state index contributed by atoms with van der Waals surface area (Å²) in [7, 11) is 1.27. The van der Waals surface area contributed by atoms with Crippen molar-refractivity contribution < 1.29 is 107 Å². The van der Waals surface area contributed by atoms with E-state index in [4.69, 9.17) is 34.2 Å². The largest absolute Gasteiger partial charge is 0.507 e. The number of carbonyl (C=O) groups excluding carboxylic acids is 11. The normalized spacial score (nSPS) is 20.7. The molecule has 13 N–H and O–H groups in total. The molecule has 3 aromatic carbocycles. The van der Waals surface area contributed by atoms with Crippen LogP contribution in [0, 0.1) is 5.92 Å². The van der Waals surface area contributed by atoms with Gasteiger partial charge in [0.15, 0.2) is 17.9 Å². The average molecular weight is 1250 g/mol. The number of nitrogens with one attached hydrogen (secondary N) is 6. The first kappa shape index (κ1) is 67.4. The van der Waals surface area contributed by atoms with Crippen LogP contribution in [0.2, 0.25) is 0 Å². The molecule has 9 amide bonds.